The van der Waals surface area contributed by atoms with E-state index in [1.54, 1.807) is 6.26 Å². The lowest BCUT2D eigenvalue weighted by atomic mass is 10.9. The van der Waals surface area contributed by atoms with Gasteiger partial charge in [0.2, 0.25) is 0 Å². The Kier molecular flexibility index (Phi) is 13.7. The van der Waals surface area contributed by atoms with Crippen LogP contribution < -0.4 is 5.11 Å². The van der Waals surface area contributed by atoms with E-state index in [-0.39, 0.29) is 0 Å². The standard InChI is InChI=1S/C2H4O2.CH4S/c1-2(3)4;1-2/h1H3,(H,3,4);2H,1H3/p-1. The molecular formula is C3H7O2S-. The van der Waals surface area contributed by atoms with Crippen molar-refractivity contribution in [1.29, 1.82) is 0 Å². The molecule has 0 atom stereocenters. The zero-order chi connectivity index (χ0) is 5.58. The molecule has 3 heteroatoms. The second-order valence-corrected chi connectivity index (χ2v) is 0.492. The number of rotatable bonds is 0. The molecule has 0 bridgehead atoms. The van der Waals surface area contributed by atoms with Crippen LogP contribution in [0.1, 0.15) is 6.92 Å². The fourth-order valence-electron chi connectivity index (χ4n) is 0. The minimum absolute atomic E-state index is 0.972. The number of hydrogen-bond acceptors (Lipinski definition) is 3. The maximum Gasteiger partial charge on any atom is 0.0383 e. The van der Waals surface area contributed by atoms with Gasteiger partial charge < -0.3 is 9.90 Å². The zero-order valence-electron chi connectivity index (χ0n) is 3.76. The maximum absolute atomic E-state index is 8.89. The molecule has 0 amide bonds. The zero-order valence-corrected chi connectivity index (χ0v) is 4.66. The molecule has 0 fully saturated rings. The summed E-state index contributed by atoms with van der Waals surface area (Å²) in [6.45, 7) is 0.972. The van der Waals surface area contributed by atoms with Crippen LogP contribution >= 0.6 is 12.6 Å². The van der Waals surface area contributed by atoms with Gasteiger partial charge in [0.1, 0.15) is 0 Å². The van der Waals surface area contributed by atoms with E-state index in [0.29, 0.717) is 0 Å². The Morgan fingerprint density at radius 1 is 1.67 bits per heavy atom. The van der Waals surface area contributed by atoms with E-state index < -0.39 is 5.97 Å². The molecule has 2 nitrogen and oxygen atoms in total. The molecule has 0 aromatic rings. The maximum atomic E-state index is 8.89. The Bertz CT molecular complexity index is 31.8. The molecule has 0 saturated carbocycles. The molecule has 0 aromatic carbocycles. The SMILES string of the molecule is CC(=O)[O-].CS. The van der Waals surface area contributed by atoms with Crippen LogP contribution in [-0.4, -0.2) is 12.2 Å². The van der Waals surface area contributed by atoms with Crippen LogP contribution in [0, 0.1) is 0 Å². The quantitative estimate of drug-likeness (QED) is 0.416. The summed E-state index contributed by atoms with van der Waals surface area (Å²) in [5, 5.41) is 8.89. The molecule has 0 heterocycles. The van der Waals surface area contributed by atoms with Crippen molar-refractivity contribution in [3.05, 3.63) is 0 Å². The fraction of sp³-hybridized carbons (Fsp3) is 0.667. The van der Waals surface area contributed by atoms with Crippen molar-refractivity contribution in [2.24, 2.45) is 0 Å². The van der Waals surface area contributed by atoms with Gasteiger partial charge in [-0.15, -0.1) is 0 Å². The molecule has 38 valence electrons. The summed E-state index contributed by atoms with van der Waals surface area (Å²) in [5.41, 5.74) is 0. The summed E-state index contributed by atoms with van der Waals surface area (Å²) in [7, 11) is 0. The highest BCUT2D eigenvalue weighted by Crippen LogP contribution is 1.31. The molecule has 0 N–H and O–H groups in total. The number of carbonyl (C=O) groups excluding carboxylic acids is 1. The van der Waals surface area contributed by atoms with E-state index in [2.05, 4.69) is 12.6 Å². The van der Waals surface area contributed by atoms with Crippen LogP contribution in [0.15, 0.2) is 0 Å². The number of thiol groups is 1. The van der Waals surface area contributed by atoms with E-state index in [1.165, 1.54) is 0 Å². The number of carboxylic acids is 1. The molecule has 0 aliphatic carbocycles. The number of carbonyl (C=O) groups is 1. The average Bonchev–Trinajstić information content (AvgIpc) is 1.41. The molecule has 0 unspecified atom stereocenters. The van der Waals surface area contributed by atoms with Crippen molar-refractivity contribution in [2.45, 2.75) is 6.92 Å². The first kappa shape index (κ1) is 9.27. The minimum Gasteiger partial charge on any atom is -0.550 e. The molecule has 0 aliphatic heterocycles. The lowest BCUT2D eigenvalue weighted by Crippen LogP contribution is -2.16. The molecular weight excluding hydrogens is 100 g/mol. The predicted molar refractivity (Wildman–Crippen MR) is 25.6 cm³/mol. The molecule has 0 saturated heterocycles. The largest absolute Gasteiger partial charge is 0.550 e. The van der Waals surface area contributed by atoms with Gasteiger partial charge >= 0.3 is 0 Å². The third-order valence-corrected chi connectivity index (χ3v) is 0. The van der Waals surface area contributed by atoms with Crippen molar-refractivity contribution in [2.75, 3.05) is 6.26 Å². The Balaban J connectivity index is 0. The molecule has 0 aliphatic rings. The van der Waals surface area contributed by atoms with E-state index in [9.17, 15) is 0 Å². The Labute approximate surface area is 42.6 Å². The van der Waals surface area contributed by atoms with Crippen molar-refractivity contribution < 1.29 is 9.90 Å². The Hall–Kier alpha value is -0.180. The van der Waals surface area contributed by atoms with Crippen LogP contribution in [0.25, 0.3) is 0 Å². The highest BCUT2D eigenvalue weighted by Gasteiger charge is 1.46. The highest BCUT2D eigenvalue weighted by atomic mass is 32.1. The second-order valence-electron chi connectivity index (χ2n) is 0.492. The lowest BCUT2D eigenvalue weighted by molar-refractivity contribution is -0.302. The van der Waals surface area contributed by atoms with Crippen molar-refractivity contribution >= 4 is 18.6 Å². The third-order valence-electron chi connectivity index (χ3n) is 0. The summed E-state index contributed by atoms with van der Waals surface area (Å²) >= 11 is 3.53. The summed E-state index contributed by atoms with van der Waals surface area (Å²) in [4.78, 5) is 8.89. The normalized spacial score (nSPS) is 5.17. The summed E-state index contributed by atoms with van der Waals surface area (Å²) in [6, 6.07) is 0. The van der Waals surface area contributed by atoms with Crippen molar-refractivity contribution in [3.63, 3.8) is 0 Å². The van der Waals surface area contributed by atoms with Gasteiger partial charge in [-0.05, 0) is 13.2 Å². The first-order valence-electron chi connectivity index (χ1n) is 1.36. The molecule has 0 radical (unpaired) electrons. The molecule has 6 heavy (non-hydrogen) atoms. The van der Waals surface area contributed by atoms with E-state index in [1.807, 2.05) is 0 Å². The van der Waals surface area contributed by atoms with Gasteiger partial charge in [0.25, 0.3) is 0 Å². The molecule has 0 spiro atoms. The van der Waals surface area contributed by atoms with Gasteiger partial charge in [0, 0.05) is 5.97 Å². The van der Waals surface area contributed by atoms with Crippen LogP contribution in [-0.2, 0) is 4.79 Å². The summed E-state index contributed by atoms with van der Waals surface area (Å²) in [5.74, 6) is -1.08. The Morgan fingerprint density at radius 3 is 1.67 bits per heavy atom. The van der Waals surface area contributed by atoms with Crippen molar-refractivity contribution in [3.8, 4) is 0 Å². The molecule has 0 aromatic heterocycles. The Morgan fingerprint density at radius 2 is 1.67 bits per heavy atom. The second kappa shape index (κ2) is 8.84. The van der Waals surface area contributed by atoms with Gasteiger partial charge in [-0.2, -0.15) is 12.6 Å². The fourth-order valence-corrected chi connectivity index (χ4v) is 0. The van der Waals surface area contributed by atoms with E-state index >= 15 is 0 Å². The summed E-state index contributed by atoms with van der Waals surface area (Å²) < 4.78 is 0. The van der Waals surface area contributed by atoms with Gasteiger partial charge in [-0.1, -0.05) is 0 Å². The number of carboxylic acid groups (broad SMARTS) is 1. The third kappa shape index (κ3) is 938. The van der Waals surface area contributed by atoms with E-state index in [4.69, 9.17) is 9.90 Å². The van der Waals surface area contributed by atoms with Gasteiger partial charge in [-0.25, -0.2) is 0 Å². The first-order chi connectivity index (χ1) is 2.73. The highest BCUT2D eigenvalue weighted by molar-refractivity contribution is 7.79. The van der Waals surface area contributed by atoms with Crippen LogP contribution in [0.2, 0.25) is 0 Å². The topological polar surface area (TPSA) is 40.1 Å². The monoisotopic (exact) mass is 107 g/mol. The van der Waals surface area contributed by atoms with E-state index in [0.717, 1.165) is 6.92 Å². The minimum atomic E-state index is -1.08. The van der Waals surface area contributed by atoms with Gasteiger partial charge in [0.15, 0.2) is 0 Å². The van der Waals surface area contributed by atoms with Crippen LogP contribution in [0.3, 0.4) is 0 Å². The van der Waals surface area contributed by atoms with Gasteiger partial charge in [0.05, 0.1) is 0 Å². The first-order valence-corrected chi connectivity index (χ1v) is 2.25. The van der Waals surface area contributed by atoms with Crippen molar-refractivity contribution in [1.82, 2.24) is 0 Å². The van der Waals surface area contributed by atoms with Crippen LogP contribution in [0.5, 0.6) is 0 Å². The number of aliphatic carboxylic acids is 1. The summed E-state index contributed by atoms with van der Waals surface area (Å²) in [6.07, 6.45) is 1.69. The predicted octanol–water partition coefficient (Wildman–Crippen LogP) is -0.698. The molecule has 0 rings (SSSR count). The number of hydrogen-bond donors (Lipinski definition) is 1. The van der Waals surface area contributed by atoms with Crippen LogP contribution in [0.4, 0.5) is 0 Å². The smallest absolute Gasteiger partial charge is 0.0383 e. The average molecular weight is 107 g/mol. The lowest BCUT2D eigenvalue weighted by Gasteiger charge is -1.77. The van der Waals surface area contributed by atoms with Gasteiger partial charge in [-0.3, -0.25) is 0 Å².